The summed E-state index contributed by atoms with van der Waals surface area (Å²) in [6, 6.07) is 4.17. The molecule has 0 spiro atoms. The summed E-state index contributed by atoms with van der Waals surface area (Å²) in [5.41, 5.74) is 6.74. The van der Waals surface area contributed by atoms with Crippen LogP contribution >= 0.6 is 15.9 Å². The van der Waals surface area contributed by atoms with Gasteiger partial charge in [0.05, 0.1) is 5.69 Å². The van der Waals surface area contributed by atoms with E-state index in [2.05, 4.69) is 20.9 Å². The van der Waals surface area contributed by atoms with Crippen LogP contribution in [-0.2, 0) is 6.42 Å². The van der Waals surface area contributed by atoms with Crippen LogP contribution in [0.4, 0.5) is 0 Å². The van der Waals surface area contributed by atoms with Gasteiger partial charge in [-0.15, -0.1) is 0 Å². The maximum atomic E-state index is 5.65. The molecule has 3 heteroatoms. The normalized spacial score (nSPS) is 12.9. The van der Waals surface area contributed by atoms with Crippen LogP contribution in [0.25, 0.3) is 0 Å². The molecule has 2 nitrogen and oxygen atoms in total. The van der Waals surface area contributed by atoms with Crippen LogP contribution in [0.2, 0.25) is 0 Å². The van der Waals surface area contributed by atoms with Crippen molar-refractivity contribution >= 4 is 15.9 Å². The van der Waals surface area contributed by atoms with E-state index < -0.39 is 0 Å². The highest BCUT2D eigenvalue weighted by molar-refractivity contribution is 9.10. The molecule has 0 radical (unpaired) electrons. The Labute approximate surface area is 81.3 Å². The molecule has 66 valence electrons. The highest BCUT2D eigenvalue weighted by atomic mass is 79.9. The molecule has 1 aromatic rings. The smallest absolute Gasteiger partial charge is 0.0546 e. The fourth-order valence-corrected chi connectivity index (χ4v) is 1.42. The van der Waals surface area contributed by atoms with Crippen LogP contribution in [0.3, 0.4) is 0 Å². The third kappa shape index (κ3) is 2.91. The van der Waals surface area contributed by atoms with Crippen LogP contribution < -0.4 is 5.73 Å². The maximum Gasteiger partial charge on any atom is 0.0546 e. The van der Waals surface area contributed by atoms with Crippen molar-refractivity contribution in [1.82, 2.24) is 4.98 Å². The zero-order chi connectivity index (χ0) is 8.97. The van der Waals surface area contributed by atoms with Gasteiger partial charge in [0.25, 0.3) is 0 Å². The van der Waals surface area contributed by atoms with Gasteiger partial charge < -0.3 is 5.73 Å². The van der Waals surface area contributed by atoms with E-state index in [0.29, 0.717) is 0 Å². The summed E-state index contributed by atoms with van der Waals surface area (Å²) < 4.78 is 1.07. The third-order valence-electron chi connectivity index (χ3n) is 1.67. The van der Waals surface area contributed by atoms with Crippen molar-refractivity contribution in [2.45, 2.75) is 25.8 Å². The van der Waals surface area contributed by atoms with Crippen molar-refractivity contribution in [2.75, 3.05) is 0 Å². The highest BCUT2D eigenvalue weighted by Crippen LogP contribution is 2.14. The molecule has 0 aliphatic heterocycles. The van der Waals surface area contributed by atoms with Crippen LogP contribution in [0, 0.1) is 0 Å². The van der Waals surface area contributed by atoms with Crippen molar-refractivity contribution in [1.29, 1.82) is 0 Å². The topological polar surface area (TPSA) is 38.9 Å². The molecule has 0 aliphatic carbocycles. The molecule has 0 saturated carbocycles. The van der Waals surface area contributed by atoms with Crippen molar-refractivity contribution in [3.8, 4) is 0 Å². The lowest BCUT2D eigenvalue weighted by molar-refractivity contribution is 0.657. The van der Waals surface area contributed by atoms with E-state index in [0.717, 1.165) is 23.0 Å². The number of pyridine rings is 1. The van der Waals surface area contributed by atoms with Gasteiger partial charge >= 0.3 is 0 Å². The number of aryl methyl sites for hydroxylation is 1. The molecule has 0 fully saturated rings. The number of halogens is 1. The maximum absolute atomic E-state index is 5.65. The molecule has 1 heterocycles. The number of hydrogen-bond donors (Lipinski definition) is 1. The summed E-state index contributed by atoms with van der Waals surface area (Å²) in [6.45, 7) is 2.01. The largest absolute Gasteiger partial charge is 0.328 e. The first-order valence-electron chi connectivity index (χ1n) is 4.05. The summed E-state index contributed by atoms with van der Waals surface area (Å²) in [5, 5.41) is 0. The predicted molar refractivity (Wildman–Crippen MR) is 53.9 cm³/mol. The van der Waals surface area contributed by atoms with Crippen LogP contribution in [-0.4, -0.2) is 11.0 Å². The second-order valence-corrected chi connectivity index (χ2v) is 3.80. The molecular weight excluding hydrogens is 216 g/mol. The van der Waals surface area contributed by atoms with Gasteiger partial charge in [-0.1, -0.05) is 0 Å². The lowest BCUT2D eigenvalue weighted by Crippen LogP contribution is -2.15. The second-order valence-electron chi connectivity index (χ2n) is 2.95. The molecule has 12 heavy (non-hydrogen) atoms. The Morgan fingerprint density at radius 1 is 1.67 bits per heavy atom. The Hall–Kier alpha value is -0.410. The molecule has 0 saturated heterocycles. The Bertz CT molecular complexity index is 248. The number of nitrogens with zero attached hydrogens (tertiary/aromatic N) is 1. The van der Waals surface area contributed by atoms with E-state index in [4.69, 9.17) is 5.73 Å². The van der Waals surface area contributed by atoms with E-state index in [1.165, 1.54) is 0 Å². The minimum atomic E-state index is 0.249. The first-order valence-corrected chi connectivity index (χ1v) is 4.84. The summed E-state index contributed by atoms with van der Waals surface area (Å²) >= 11 is 3.44. The summed E-state index contributed by atoms with van der Waals surface area (Å²) in [4.78, 5) is 4.25. The molecule has 2 N–H and O–H groups in total. The van der Waals surface area contributed by atoms with E-state index in [1.807, 2.05) is 19.1 Å². The summed E-state index contributed by atoms with van der Waals surface area (Å²) in [7, 11) is 0. The molecule has 0 amide bonds. The lowest BCUT2D eigenvalue weighted by Gasteiger charge is -2.05. The first kappa shape index (κ1) is 9.68. The standard InChI is InChI=1S/C9H13BrN2/c1-7(11)4-5-9-8(10)3-2-6-12-9/h2-3,6-7H,4-5,11H2,1H3/t7-/m1/s1. The average Bonchev–Trinajstić information content (AvgIpc) is 2.03. The number of hydrogen-bond acceptors (Lipinski definition) is 2. The van der Waals surface area contributed by atoms with Gasteiger partial charge in [-0.05, 0) is 47.8 Å². The monoisotopic (exact) mass is 228 g/mol. The number of aromatic nitrogens is 1. The zero-order valence-electron chi connectivity index (χ0n) is 7.13. The highest BCUT2D eigenvalue weighted by Gasteiger charge is 2.01. The molecule has 1 atom stereocenters. The first-order chi connectivity index (χ1) is 5.70. The van der Waals surface area contributed by atoms with Gasteiger partial charge in [-0.25, -0.2) is 0 Å². The molecule has 1 aromatic heterocycles. The molecule has 0 unspecified atom stereocenters. The van der Waals surface area contributed by atoms with Gasteiger partial charge in [-0.2, -0.15) is 0 Å². The summed E-state index contributed by atoms with van der Waals surface area (Å²) in [6.07, 6.45) is 3.73. The summed E-state index contributed by atoms with van der Waals surface area (Å²) in [5.74, 6) is 0. The van der Waals surface area contributed by atoms with Gasteiger partial charge in [0.15, 0.2) is 0 Å². The van der Waals surface area contributed by atoms with Gasteiger partial charge in [0.1, 0.15) is 0 Å². The van der Waals surface area contributed by atoms with E-state index in [-0.39, 0.29) is 6.04 Å². The predicted octanol–water partition coefficient (Wildman–Crippen LogP) is 2.12. The molecule has 0 aliphatic rings. The van der Waals surface area contributed by atoms with Crippen LogP contribution in [0.5, 0.6) is 0 Å². The van der Waals surface area contributed by atoms with Crippen molar-refractivity contribution in [2.24, 2.45) is 5.73 Å². The van der Waals surface area contributed by atoms with Crippen LogP contribution in [0.15, 0.2) is 22.8 Å². The Balaban J connectivity index is 2.57. The van der Waals surface area contributed by atoms with Gasteiger partial charge in [0, 0.05) is 16.7 Å². The van der Waals surface area contributed by atoms with Crippen molar-refractivity contribution in [3.05, 3.63) is 28.5 Å². The van der Waals surface area contributed by atoms with Crippen LogP contribution in [0.1, 0.15) is 19.0 Å². The lowest BCUT2D eigenvalue weighted by atomic mass is 10.1. The second kappa shape index (κ2) is 4.58. The Morgan fingerprint density at radius 3 is 3.00 bits per heavy atom. The number of nitrogens with two attached hydrogens (primary N) is 1. The van der Waals surface area contributed by atoms with Gasteiger partial charge in [0.2, 0.25) is 0 Å². The van der Waals surface area contributed by atoms with Gasteiger partial charge in [-0.3, -0.25) is 4.98 Å². The number of rotatable bonds is 3. The average molecular weight is 229 g/mol. The quantitative estimate of drug-likeness (QED) is 0.862. The third-order valence-corrected chi connectivity index (χ3v) is 2.39. The molecule has 0 aromatic carbocycles. The zero-order valence-corrected chi connectivity index (χ0v) is 8.71. The fourth-order valence-electron chi connectivity index (χ4n) is 0.967. The van der Waals surface area contributed by atoms with E-state index in [1.54, 1.807) is 6.20 Å². The minimum Gasteiger partial charge on any atom is -0.328 e. The Morgan fingerprint density at radius 2 is 2.42 bits per heavy atom. The van der Waals surface area contributed by atoms with Crippen molar-refractivity contribution < 1.29 is 0 Å². The molecular formula is C9H13BrN2. The minimum absolute atomic E-state index is 0.249. The van der Waals surface area contributed by atoms with E-state index >= 15 is 0 Å². The SMILES string of the molecule is C[C@@H](N)CCc1ncccc1Br. The Kier molecular flexibility index (Phi) is 3.69. The van der Waals surface area contributed by atoms with Crippen molar-refractivity contribution in [3.63, 3.8) is 0 Å². The fraction of sp³-hybridized carbons (Fsp3) is 0.444. The van der Waals surface area contributed by atoms with E-state index in [9.17, 15) is 0 Å². The molecule has 0 bridgehead atoms. The molecule has 1 rings (SSSR count).